The first-order valence-electron chi connectivity index (χ1n) is 8.99. The molecule has 1 aliphatic heterocycles. The van der Waals surface area contributed by atoms with Crippen LogP contribution in [0, 0.1) is 6.92 Å². The number of anilines is 2. The molecule has 6 nitrogen and oxygen atoms in total. The van der Waals surface area contributed by atoms with Crippen LogP contribution < -0.4 is 10.2 Å². The van der Waals surface area contributed by atoms with E-state index in [9.17, 15) is 14.4 Å². The molecule has 2 aromatic rings. The van der Waals surface area contributed by atoms with Gasteiger partial charge in [-0.05, 0) is 62.2 Å². The van der Waals surface area contributed by atoms with Crippen LogP contribution >= 0.6 is 0 Å². The monoisotopic (exact) mass is 366 g/mol. The highest BCUT2D eigenvalue weighted by Gasteiger charge is 2.21. The van der Waals surface area contributed by atoms with Crippen LogP contribution in [0.25, 0.3) is 0 Å². The number of nitrogens with zero attached hydrogens (tertiary/aromatic N) is 1. The van der Waals surface area contributed by atoms with Crippen LogP contribution in [-0.2, 0) is 9.53 Å². The van der Waals surface area contributed by atoms with Crippen LogP contribution in [0.3, 0.4) is 0 Å². The average Bonchev–Trinajstić information content (AvgIpc) is 3.09. The quantitative estimate of drug-likeness (QED) is 0.821. The van der Waals surface area contributed by atoms with Gasteiger partial charge < -0.3 is 15.0 Å². The van der Waals surface area contributed by atoms with Crippen molar-refractivity contribution in [2.75, 3.05) is 23.4 Å². The van der Waals surface area contributed by atoms with E-state index in [0.29, 0.717) is 36.4 Å². The Morgan fingerprint density at radius 3 is 2.44 bits per heavy atom. The summed E-state index contributed by atoms with van der Waals surface area (Å²) in [5.41, 5.74) is 3.07. The van der Waals surface area contributed by atoms with Gasteiger partial charge in [-0.25, -0.2) is 4.79 Å². The summed E-state index contributed by atoms with van der Waals surface area (Å²) in [6, 6.07) is 12.0. The van der Waals surface area contributed by atoms with Crippen molar-refractivity contribution in [3.8, 4) is 0 Å². The molecule has 0 bridgehead atoms. The minimum atomic E-state index is -0.423. The molecule has 1 N–H and O–H groups in total. The van der Waals surface area contributed by atoms with Crippen molar-refractivity contribution >= 4 is 29.2 Å². The molecule has 3 rings (SSSR count). The number of hydrogen-bond acceptors (Lipinski definition) is 4. The van der Waals surface area contributed by atoms with Gasteiger partial charge in [0.05, 0.1) is 12.2 Å². The molecule has 1 fully saturated rings. The van der Waals surface area contributed by atoms with Gasteiger partial charge in [0, 0.05) is 29.9 Å². The Hall–Kier alpha value is -3.15. The standard InChI is InChI=1S/C21H22N2O4/c1-3-27-21(26)16-7-6-14(2)18(13-16)22-20(25)15-8-10-17(11-9-15)23-12-4-5-19(23)24/h6-11,13H,3-5,12H2,1-2H3,(H,22,25). The average molecular weight is 366 g/mol. The van der Waals surface area contributed by atoms with Gasteiger partial charge in [0.15, 0.2) is 0 Å². The lowest BCUT2D eigenvalue weighted by Crippen LogP contribution is -2.23. The molecule has 0 aliphatic carbocycles. The molecule has 2 aromatic carbocycles. The Kier molecular flexibility index (Phi) is 5.54. The van der Waals surface area contributed by atoms with E-state index in [0.717, 1.165) is 17.7 Å². The lowest BCUT2D eigenvalue weighted by molar-refractivity contribution is -0.117. The number of hydrogen-bond donors (Lipinski definition) is 1. The third kappa shape index (κ3) is 4.16. The topological polar surface area (TPSA) is 75.7 Å². The highest BCUT2D eigenvalue weighted by atomic mass is 16.5. The molecule has 1 aliphatic rings. The Balaban J connectivity index is 1.74. The van der Waals surface area contributed by atoms with Gasteiger partial charge in [0.1, 0.15) is 0 Å². The number of esters is 1. The van der Waals surface area contributed by atoms with E-state index < -0.39 is 5.97 Å². The van der Waals surface area contributed by atoms with Gasteiger partial charge in [-0.2, -0.15) is 0 Å². The van der Waals surface area contributed by atoms with E-state index in [4.69, 9.17) is 4.74 Å². The second-order valence-corrected chi connectivity index (χ2v) is 6.40. The highest BCUT2D eigenvalue weighted by Crippen LogP contribution is 2.23. The van der Waals surface area contributed by atoms with Crippen molar-refractivity contribution in [1.82, 2.24) is 0 Å². The predicted molar refractivity (Wildman–Crippen MR) is 103 cm³/mol. The first-order valence-corrected chi connectivity index (χ1v) is 8.99. The van der Waals surface area contributed by atoms with Crippen molar-refractivity contribution in [1.29, 1.82) is 0 Å². The molecule has 0 unspecified atom stereocenters. The predicted octanol–water partition coefficient (Wildman–Crippen LogP) is 3.55. The summed E-state index contributed by atoms with van der Waals surface area (Å²) >= 11 is 0. The molecule has 140 valence electrons. The second kappa shape index (κ2) is 8.03. The van der Waals surface area contributed by atoms with Gasteiger partial charge in [0.2, 0.25) is 5.91 Å². The van der Waals surface area contributed by atoms with Crippen LogP contribution in [0.1, 0.15) is 46.0 Å². The Bertz CT molecular complexity index is 874. The van der Waals surface area contributed by atoms with Crippen molar-refractivity contribution in [3.63, 3.8) is 0 Å². The number of amides is 2. The summed E-state index contributed by atoms with van der Waals surface area (Å²) in [6.45, 7) is 4.60. The molecular weight excluding hydrogens is 344 g/mol. The number of ether oxygens (including phenoxy) is 1. The fourth-order valence-corrected chi connectivity index (χ4v) is 3.01. The summed E-state index contributed by atoms with van der Waals surface area (Å²) in [5.74, 6) is -0.593. The summed E-state index contributed by atoms with van der Waals surface area (Å²) < 4.78 is 5.00. The number of carbonyl (C=O) groups is 3. The van der Waals surface area contributed by atoms with Gasteiger partial charge >= 0.3 is 5.97 Å². The molecule has 1 heterocycles. The lowest BCUT2D eigenvalue weighted by Gasteiger charge is -2.16. The molecule has 0 saturated carbocycles. The number of nitrogens with one attached hydrogen (secondary N) is 1. The minimum Gasteiger partial charge on any atom is -0.462 e. The van der Waals surface area contributed by atoms with Crippen LogP contribution in [-0.4, -0.2) is 30.9 Å². The molecule has 27 heavy (non-hydrogen) atoms. The SMILES string of the molecule is CCOC(=O)c1ccc(C)c(NC(=O)c2ccc(N3CCCC3=O)cc2)c1. The lowest BCUT2D eigenvalue weighted by atomic mass is 10.1. The smallest absolute Gasteiger partial charge is 0.338 e. The summed E-state index contributed by atoms with van der Waals surface area (Å²) in [6.07, 6.45) is 1.43. The third-order valence-electron chi connectivity index (χ3n) is 4.51. The molecule has 0 atom stereocenters. The van der Waals surface area contributed by atoms with E-state index in [1.165, 1.54) is 0 Å². The molecule has 0 spiro atoms. The van der Waals surface area contributed by atoms with Gasteiger partial charge in [-0.1, -0.05) is 6.07 Å². The maximum absolute atomic E-state index is 12.6. The van der Waals surface area contributed by atoms with Gasteiger partial charge in [-0.15, -0.1) is 0 Å². The fourth-order valence-electron chi connectivity index (χ4n) is 3.01. The zero-order valence-corrected chi connectivity index (χ0v) is 15.5. The van der Waals surface area contributed by atoms with E-state index >= 15 is 0 Å². The number of aryl methyl sites for hydroxylation is 1. The Morgan fingerprint density at radius 2 is 1.81 bits per heavy atom. The van der Waals surface area contributed by atoms with Crippen LogP contribution in [0.5, 0.6) is 0 Å². The number of carbonyl (C=O) groups excluding carboxylic acids is 3. The summed E-state index contributed by atoms with van der Waals surface area (Å²) in [7, 11) is 0. The number of rotatable bonds is 5. The van der Waals surface area contributed by atoms with Gasteiger partial charge in [0.25, 0.3) is 5.91 Å². The summed E-state index contributed by atoms with van der Waals surface area (Å²) in [5, 5.41) is 2.83. The third-order valence-corrected chi connectivity index (χ3v) is 4.51. The molecule has 2 amide bonds. The molecular formula is C21H22N2O4. The second-order valence-electron chi connectivity index (χ2n) is 6.40. The molecule has 0 aromatic heterocycles. The van der Waals surface area contributed by atoms with Crippen molar-refractivity contribution in [2.45, 2.75) is 26.7 Å². The Morgan fingerprint density at radius 1 is 1.11 bits per heavy atom. The zero-order valence-electron chi connectivity index (χ0n) is 15.5. The molecule has 1 saturated heterocycles. The maximum Gasteiger partial charge on any atom is 0.338 e. The first-order chi connectivity index (χ1) is 13.0. The van der Waals surface area contributed by atoms with Crippen molar-refractivity contribution in [2.24, 2.45) is 0 Å². The van der Waals surface area contributed by atoms with E-state index in [1.54, 1.807) is 54.3 Å². The first kappa shape index (κ1) is 18.6. The van der Waals surface area contributed by atoms with Crippen LogP contribution in [0.15, 0.2) is 42.5 Å². The van der Waals surface area contributed by atoms with Crippen molar-refractivity contribution in [3.05, 3.63) is 59.2 Å². The van der Waals surface area contributed by atoms with Crippen LogP contribution in [0.4, 0.5) is 11.4 Å². The van der Waals surface area contributed by atoms with Crippen LogP contribution in [0.2, 0.25) is 0 Å². The van der Waals surface area contributed by atoms with Gasteiger partial charge in [-0.3, -0.25) is 9.59 Å². The fraction of sp³-hybridized carbons (Fsp3) is 0.286. The highest BCUT2D eigenvalue weighted by molar-refractivity contribution is 6.06. The molecule has 6 heteroatoms. The van der Waals surface area contributed by atoms with E-state index in [1.807, 2.05) is 6.92 Å². The number of benzene rings is 2. The minimum absolute atomic E-state index is 0.110. The van der Waals surface area contributed by atoms with E-state index in [-0.39, 0.29) is 11.8 Å². The molecule has 0 radical (unpaired) electrons. The normalized spacial score (nSPS) is 13.6. The largest absolute Gasteiger partial charge is 0.462 e. The summed E-state index contributed by atoms with van der Waals surface area (Å²) in [4.78, 5) is 38.0. The Labute approximate surface area is 158 Å². The van der Waals surface area contributed by atoms with Crippen molar-refractivity contribution < 1.29 is 19.1 Å². The zero-order chi connectivity index (χ0) is 19.4. The van der Waals surface area contributed by atoms with E-state index in [2.05, 4.69) is 5.32 Å². The maximum atomic E-state index is 12.6.